The molecule has 0 aliphatic rings. The van der Waals surface area contributed by atoms with E-state index in [1.54, 1.807) is 18.3 Å². The van der Waals surface area contributed by atoms with E-state index in [0.717, 1.165) is 31.9 Å². The van der Waals surface area contributed by atoms with E-state index in [1.165, 1.54) is 0 Å². The zero-order valence-corrected chi connectivity index (χ0v) is 13.8. The van der Waals surface area contributed by atoms with Gasteiger partial charge in [0.05, 0.1) is 20.8 Å². The standard InChI is InChI=1S/C14H16Cl3N3O/c1-2-21-7-3-4-18-14-19-5-6-20(14)13-9-11(16)10(15)8-12(13)17/h5-6,8-9H,2-4,7H2,1H3,(H,18,19). The average molecular weight is 349 g/mol. The zero-order valence-electron chi connectivity index (χ0n) is 11.6. The van der Waals surface area contributed by atoms with Gasteiger partial charge in [-0.3, -0.25) is 4.57 Å². The van der Waals surface area contributed by atoms with Crippen LogP contribution in [0.25, 0.3) is 5.69 Å². The van der Waals surface area contributed by atoms with Gasteiger partial charge < -0.3 is 10.1 Å². The average Bonchev–Trinajstić information content (AvgIpc) is 2.91. The normalized spacial score (nSPS) is 10.9. The third-order valence-corrected chi connectivity index (χ3v) is 3.87. The molecule has 0 radical (unpaired) electrons. The molecule has 0 saturated carbocycles. The lowest BCUT2D eigenvalue weighted by Gasteiger charge is -2.12. The first-order valence-electron chi connectivity index (χ1n) is 6.63. The van der Waals surface area contributed by atoms with Crippen LogP contribution >= 0.6 is 34.8 Å². The van der Waals surface area contributed by atoms with E-state index < -0.39 is 0 Å². The van der Waals surface area contributed by atoms with E-state index >= 15 is 0 Å². The highest BCUT2D eigenvalue weighted by atomic mass is 35.5. The number of benzene rings is 1. The van der Waals surface area contributed by atoms with Gasteiger partial charge in [-0.2, -0.15) is 0 Å². The first kappa shape index (κ1) is 16.4. The Kier molecular flexibility index (Phi) is 6.18. The number of hydrogen-bond donors (Lipinski definition) is 1. The van der Waals surface area contributed by atoms with Crippen molar-refractivity contribution in [3.8, 4) is 5.69 Å². The summed E-state index contributed by atoms with van der Waals surface area (Å²) < 4.78 is 7.13. The molecule has 4 nitrogen and oxygen atoms in total. The van der Waals surface area contributed by atoms with Crippen LogP contribution in [0.3, 0.4) is 0 Å². The molecule has 0 amide bonds. The maximum absolute atomic E-state index is 6.23. The van der Waals surface area contributed by atoms with Crippen molar-refractivity contribution in [2.45, 2.75) is 13.3 Å². The summed E-state index contributed by atoms with van der Waals surface area (Å²) in [6, 6.07) is 3.35. The Morgan fingerprint density at radius 2 is 1.95 bits per heavy atom. The Bertz CT molecular complexity index is 601. The molecule has 7 heteroatoms. The van der Waals surface area contributed by atoms with Crippen LogP contribution in [0.2, 0.25) is 15.1 Å². The van der Waals surface area contributed by atoms with Gasteiger partial charge in [-0.15, -0.1) is 0 Å². The van der Waals surface area contributed by atoms with Crippen molar-refractivity contribution in [3.05, 3.63) is 39.6 Å². The molecule has 0 spiro atoms. The van der Waals surface area contributed by atoms with Crippen LogP contribution in [0.1, 0.15) is 13.3 Å². The third-order valence-electron chi connectivity index (χ3n) is 2.84. The molecule has 2 aromatic rings. The molecule has 0 bridgehead atoms. The fourth-order valence-corrected chi connectivity index (χ4v) is 2.48. The number of nitrogens with zero attached hydrogens (tertiary/aromatic N) is 2. The molecule has 0 aliphatic carbocycles. The van der Waals surface area contributed by atoms with Crippen molar-refractivity contribution < 1.29 is 4.74 Å². The van der Waals surface area contributed by atoms with E-state index in [-0.39, 0.29) is 0 Å². The van der Waals surface area contributed by atoms with Gasteiger partial charge in [0.15, 0.2) is 0 Å². The predicted molar refractivity (Wildman–Crippen MR) is 88.2 cm³/mol. The Balaban J connectivity index is 2.11. The van der Waals surface area contributed by atoms with Crippen molar-refractivity contribution in [2.24, 2.45) is 0 Å². The highest BCUT2D eigenvalue weighted by Gasteiger charge is 2.11. The minimum absolute atomic E-state index is 0.428. The second kappa shape index (κ2) is 7.90. The fourth-order valence-electron chi connectivity index (χ4n) is 1.84. The summed E-state index contributed by atoms with van der Waals surface area (Å²) in [5.41, 5.74) is 0.732. The molecule has 1 aromatic carbocycles. The molecule has 2 rings (SSSR count). The molecule has 0 unspecified atom stereocenters. The number of imidazole rings is 1. The second-order valence-corrected chi connectivity index (χ2v) is 5.54. The lowest BCUT2D eigenvalue weighted by Crippen LogP contribution is -2.10. The van der Waals surface area contributed by atoms with Gasteiger partial charge in [-0.1, -0.05) is 34.8 Å². The van der Waals surface area contributed by atoms with Crippen molar-refractivity contribution >= 4 is 40.8 Å². The summed E-state index contributed by atoms with van der Waals surface area (Å²) in [6.07, 6.45) is 4.41. The summed E-state index contributed by atoms with van der Waals surface area (Å²) in [5.74, 6) is 0.701. The van der Waals surface area contributed by atoms with E-state index in [9.17, 15) is 0 Å². The van der Waals surface area contributed by atoms with Gasteiger partial charge in [-0.05, 0) is 25.5 Å². The van der Waals surface area contributed by atoms with Crippen molar-refractivity contribution in [1.82, 2.24) is 9.55 Å². The van der Waals surface area contributed by atoms with Crippen LogP contribution in [0.15, 0.2) is 24.5 Å². The lowest BCUT2D eigenvalue weighted by atomic mass is 10.3. The summed E-state index contributed by atoms with van der Waals surface area (Å²) >= 11 is 18.2. The second-order valence-electron chi connectivity index (χ2n) is 4.32. The topological polar surface area (TPSA) is 39.1 Å². The van der Waals surface area contributed by atoms with Gasteiger partial charge in [0.1, 0.15) is 0 Å². The molecule has 1 aromatic heterocycles. The van der Waals surface area contributed by atoms with Crippen molar-refractivity contribution in [2.75, 3.05) is 25.1 Å². The first-order chi connectivity index (χ1) is 10.1. The quantitative estimate of drug-likeness (QED) is 0.584. The summed E-state index contributed by atoms with van der Waals surface area (Å²) in [5, 5.41) is 4.64. The number of nitrogens with one attached hydrogen (secondary N) is 1. The van der Waals surface area contributed by atoms with Crippen molar-refractivity contribution in [3.63, 3.8) is 0 Å². The van der Waals surface area contributed by atoms with Gasteiger partial charge >= 0.3 is 0 Å². The van der Waals surface area contributed by atoms with Crippen LogP contribution < -0.4 is 5.32 Å². The van der Waals surface area contributed by atoms with E-state index in [2.05, 4.69) is 10.3 Å². The number of anilines is 1. The molecule has 0 saturated heterocycles. The Morgan fingerprint density at radius 1 is 1.19 bits per heavy atom. The summed E-state index contributed by atoms with van der Waals surface area (Å²) in [4.78, 5) is 4.28. The van der Waals surface area contributed by atoms with E-state index in [1.807, 2.05) is 17.7 Å². The Hall–Kier alpha value is -0.940. The molecule has 0 atom stereocenters. The van der Waals surface area contributed by atoms with Crippen LogP contribution in [0, 0.1) is 0 Å². The van der Waals surface area contributed by atoms with Gasteiger partial charge in [0, 0.05) is 32.2 Å². The monoisotopic (exact) mass is 347 g/mol. The number of ether oxygens (including phenoxy) is 1. The summed E-state index contributed by atoms with van der Waals surface area (Å²) in [6.45, 7) is 4.19. The third kappa shape index (κ3) is 4.27. The Labute approximate surface area is 139 Å². The molecular weight excluding hydrogens is 333 g/mol. The van der Waals surface area contributed by atoms with E-state index in [0.29, 0.717) is 21.0 Å². The highest BCUT2D eigenvalue weighted by molar-refractivity contribution is 6.43. The smallest absolute Gasteiger partial charge is 0.207 e. The lowest BCUT2D eigenvalue weighted by molar-refractivity contribution is 0.147. The minimum atomic E-state index is 0.428. The number of halogens is 3. The van der Waals surface area contributed by atoms with Gasteiger partial charge in [0.2, 0.25) is 5.95 Å². The van der Waals surface area contributed by atoms with Crippen LogP contribution in [-0.2, 0) is 4.74 Å². The predicted octanol–water partition coefficient (Wildman–Crippen LogP) is 4.67. The number of aromatic nitrogens is 2. The Morgan fingerprint density at radius 3 is 2.71 bits per heavy atom. The molecule has 0 aliphatic heterocycles. The van der Waals surface area contributed by atoms with Crippen molar-refractivity contribution in [1.29, 1.82) is 0 Å². The molecule has 1 heterocycles. The largest absolute Gasteiger partial charge is 0.382 e. The fraction of sp³-hybridized carbons (Fsp3) is 0.357. The molecule has 21 heavy (non-hydrogen) atoms. The maximum Gasteiger partial charge on any atom is 0.207 e. The van der Waals surface area contributed by atoms with Crippen LogP contribution in [0.5, 0.6) is 0 Å². The SMILES string of the molecule is CCOCCCNc1nccn1-c1cc(Cl)c(Cl)cc1Cl. The van der Waals surface area contributed by atoms with E-state index in [4.69, 9.17) is 39.5 Å². The minimum Gasteiger partial charge on any atom is -0.382 e. The number of hydrogen-bond acceptors (Lipinski definition) is 3. The summed E-state index contributed by atoms with van der Waals surface area (Å²) in [7, 11) is 0. The van der Waals surface area contributed by atoms with Gasteiger partial charge in [0.25, 0.3) is 0 Å². The first-order valence-corrected chi connectivity index (χ1v) is 7.76. The molecule has 114 valence electrons. The van der Waals surface area contributed by atoms with Crippen LogP contribution in [-0.4, -0.2) is 29.3 Å². The molecule has 0 fully saturated rings. The molecule has 1 N–H and O–H groups in total. The highest BCUT2D eigenvalue weighted by Crippen LogP contribution is 2.32. The molecular formula is C14H16Cl3N3O. The van der Waals surface area contributed by atoms with Gasteiger partial charge in [-0.25, -0.2) is 4.98 Å². The maximum atomic E-state index is 6.23. The van der Waals surface area contributed by atoms with Crippen LogP contribution in [0.4, 0.5) is 5.95 Å². The number of rotatable bonds is 7. The zero-order chi connectivity index (χ0) is 15.2.